The van der Waals surface area contributed by atoms with E-state index in [2.05, 4.69) is 29.5 Å². The van der Waals surface area contributed by atoms with E-state index in [4.69, 9.17) is 5.11 Å². The summed E-state index contributed by atoms with van der Waals surface area (Å²) in [5, 5.41) is 15.0. The van der Waals surface area contributed by atoms with Crippen molar-refractivity contribution in [2.24, 2.45) is 0 Å². The van der Waals surface area contributed by atoms with Gasteiger partial charge in [0.1, 0.15) is 0 Å². The first-order chi connectivity index (χ1) is 8.09. The van der Waals surface area contributed by atoms with Gasteiger partial charge in [0, 0.05) is 24.8 Å². The highest BCUT2D eigenvalue weighted by Gasteiger charge is 2.05. The van der Waals surface area contributed by atoms with Gasteiger partial charge in [0.2, 0.25) is 0 Å². The Balaban J connectivity index is 2.11. The van der Waals surface area contributed by atoms with E-state index in [9.17, 15) is 4.79 Å². The molecule has 0 aliphatic carbocycles. The van der Waals surface area contributed by atoms with Crippen LogP contribution < -0.4 is 5.32 Å². The number of aliphatic carboxylic acids is 1. The summed E-state index contributed by atoms with van der Waals surface area (Å²) in [6, 6.07) is 0. The Morgan fingerprint density at radius 1 is 1.53 bits per heavy atom. The molecule has 2 N–H and O–H groups in total. The normalized spacial score (nSPS) is 11.0. The second-order valence-corrected chi connectivity index (χ2v) is 5.26. The molecule has 0 spiro atoms. The Morgan fingerprint density at radius 3 is 2.88 bits per heavy atom. The van der Waals surface area contributed by atoms with Crippen molar-refractivity contribution in [1.29, 1.82) is 0 Å². The van der Waals surface area contributed by atoms with Crippen LogP contribution in [0.25, 0.3) is 0 Å². The van der Waals surface area contributed by atoms with Crippen LogP contribution in [-0.4, -0.2) is 29.1 Å². The van der Waals surface area contributed by atoms with Crippen molar-refractivity contribution in [3.05, 3.63) is 16.1 Å². The maximum Gasteiger partial charge on any atom is 0.303 e. The third-order valence-electron chi connectivity index (χ3n) is 2.42. The van der Waals surface area contributed by atoms with Crippen molar-refractivity contribution in [1.82, 2.24) is 10.3 Å². The van der Waals surface area contributed by atoms with E-state index in [1.807, 2.05) is 0 Å². The van der Waals surface area contributed by atoms with Crippen LogP contribution in [0.4, 0.5) is 0 Å². The van der Waals surface area contributed by atoms with Crippen LogP contribution in [0.3, 0.4) is 0 Å². The molecule has 96 valence electrons. The fraction of sp³-hybridized carbons (Fsp3) is 0.667. The number of nitrogens with one attached hydrogen (secondary N) is 1. The molecule has 17 heavy (non-hydrogen) atoms. The third kappa shape index (κ3) is 5.79. The zero-order chi connectivity index (χ0) is 12.7. The van der Waals surface area contributed by atoms with Crippen molar-refractivity contribution in [2.45, 2.75) is 39.0 Å². The van der Waals surface area contributed by atoms with Crippen molar-refractivity contribution in [3.8, 4) is 0 Å². The van der Waals surface area contributed by atoms with Crippen LogP contribution in [0.15, 0.2) is 5.38 Å². The first kappa shape index (κ1) is 14.1. The number of nitrogens with zero attached hydrogens (tertiary/aromatic N) is 1. The number of aromatic nitrogens is 1. The van der Waals surface area contributed by atoms with Crippen LogP contribution in [0.5, 0.6) is 0 Å². The lowest BCUT2D eigenvalue weighted by atomic mass is 10.2. The molecule has 1 aromatic heterocycles. The topological polar surface area (TPSA) is 62.2 Å². The van der Waals surface area contributed by atoms with E-state index >= 15 is 0 Å². The lowest BCUT2D eigenvalue weighted by Crippen LogP contribution is -2.19. The van der Waals surface area contributed by atoms with E-state index in [0.717, 1.165) is 30.2 Å². The van der Waals surface area contributed by atoms with Crippen LogP contribution in [0.1, 0.15) is 43.3 Å². The van der Waals surface area contributed by atoms with Crippen molar-refractivity contribution >= 4 is 17.3 Å². The van der Waals surface area contributed by atoms with Gasteiger partial charge in [0.15, 0.2) is 0 Å². The maximum atomic E-state index is 10.3. The van der Waals surface area contributed by atoms with E-state index in [1.165, 1.54) is 0 Å². The average Bonchev–Trinajstić information content (AvgIpc) is 2.71. The zero-order valence-corrected chi connectivity index (χ0v) is 11.2. The van der Waals surface area contributed by atoms with Gasteiger partial charge in [-0.2, -0.15) is 0 Å². The van der Waals surface area contributed by atoms with Gasteiger partial charge in [-0.1, -0.05) is 13.8 Å². The highest BCUT2D eigenvalue weighted by Crippen LogP contribution is 2.17. The lowest BCUT2D eigenvalue weighted by molar-refractivity contribution is -0.137. The summed E-state index contributed by atoms with van der Waals surface area (Å²) in [6.45, 7) is 5.91. The average molecular weight is 256 g/mol. The number of rotatable bonds is 8. The molecule has 0 fully saturated rings. The SMILES string of the molecule is CC(C)c1csc(CCNCCCC(=O)O)n1. The van der Waals surface area contributed by atoms with E-state index in [1.54, 1.807) is 11.3 Å². The number of carbonyl (C=O) groups is 1. The molecule has 5 heteroatoms. The second-order valence-electron chi connectivity index (χ2n) is 4.32. The molecular formula is C12H20N2O2S. The summed E-state index contributed by atoms with van der Waals surface area (Å²) in [4.78, 5) is 14.8. The molecule has 0 amide bonds. The Labute approximate surface area is 106 Å². The first-order valence-corrected chi connectivity index (χ1v) is 6.84. The highest BCUT2D eigenvalue weighted by molar-refractivity contribution is 7.09. The minimum absolute atomic E-state index is 0.238. The van der Waals surface area contributed by atoms with E-state index in [-0.39, 0.29) is 6.42 Å². The van der Waals surface area contributed by atoms with Gasteiger partial charge in [-0.3, -0.25) is 4.79 Å². The van der Waals surface area contributed by atoms with Gasteiger partial charge in [0.25, 0.3) is 0 Å². The Morgan fingerprint density at radius 2 is 2.29 bits per heavy atom. The number of carboxylic acids is 1. The number of hydrogen-bond acceptors (Lipinski definition) is 4. The van der Waals surface area contributed by atoms with Crippen LogP contribution in [0.2, 0.25) is 0 Å². The highest BCUT2D eigenvalue weighted by atomic mass is 32.1. The standard InChI is InChI=1S/C12H20N2O2S/c1-9(2)10-8-17-11(14-10)5-7-13-6-3-4-12(15)16/h8-9,13H,3-7H2,1-2H3,(H,15,16). The molecule has 0 saturated carbocycles. The summed E-state index contributed by atoms with van der Waals surface area (Å²) >= 11 is 1.70. The molecule has 0 radical (unpaired) electrons. The number of thiazole rings is 1. The maximum absolute atomic E-state index is 10.3. The van der Waals surface area contributed by atoms with Gasteiger partial charge in [-0.15, -0.1) is 11.3 Å². The minimum atomic E-state index is -0.728. The molecule has 1 aromatic rings. The Bertz CT molecular complexity index is 350. The van der Waals surface area contributed by atoms with Gasteiger partial charge < -0.3 is 10.4 Å². The van der Waals surface area contributed by atoms with Crippen molar-refractivity contribution in [2.75, 3.05) is 13.1 Å². The number of hydrogen-bond donors (Lipinski definition) is 2. The fourth-order valence-corrected chi connectivity index (χ4v) is 2.35. The van der Waals surface area contributed by atoms with Gasteiger partial charge in [0.05, 0.1) is 10.7 Å². The molecule has 0 unspecified atom stereocenters. The summed E-state index contributed by atoms with van der Waals surface area (Å²) in [6.07, 6.45) is 1.84. The zero-order valence-electron chi connectivity index (χ0n) is 10.4. The summed E-state index contributed by atoms with van der Waals surface area (Å²) in [7, 11) is 0. The predicted molar refractivity (Wildman–Crippen MR) is 69.6 cm³/mol. The minimum Gasteiger partial charge on any atom is -0.481 e. The molecule has 1 heterocycles. The molecule has 0 aliphatic heterocycles. The molecular weight excluding hydrogens is 236 g/mol. The van der Waals surface area contributed by atoms with Gasteiger partial charge in [-0.05, 0) is 18.9 Å². The molecule has 0 bridgehead atoms. The van der Waals surface area contributed by atoms with Crippen molar-refractivity contribution < 1.29 is 9.90 Å². The molecule has 1 rings (SSSR count). The number of carboxylic acid groups (broad SMARTS) is 1. The van der Waals surface area contributed by atoms with Crippen LogP contribution >= 0.6 is 11.3 Å². The quantitative estimate of drug-likeness (QED) is 0.700. The lowest BCUT2D eigenvalue weighted by Gasteiger charge is -2.01. The third-order valence-corrected chi connectivity index (χ3v) is 3.35. The van der Waals surface area contributed by atoms with E-state index in [0.29, 0.717) is 12.3 Å². The summed E-state index contributed by atoms with van der Waals surface area (Å²) < 4.78 is 0. The summed E-state index contributed by atoms with van der Waals surface area (Å²) in [5.74, 6) is -0.239. The van der Waals surface area contributed by atoms with Gasteiger partial charge in [-0.25, -0.2) is 4.98 Å². The molecule has 0 aromatic carbocycles. The predicted octanol–water partition coefficient (Wildman–Crippen LogP) is 2.26. The smallest absolute Gasteiger partial charge is 0.303 e. The Hall–Kier alpha value is -0.940. The second kappa shape index (κ2) is 7.40. The Kier molecular flexibility index (Phi) is 6.15. The van der Waals surface area contributed by atoms with Crippen molar-refractivity contribution in [3.63, 3.8) is 0 Å². The molecule has 0 atom stereocenters. The first-order valence-electron chi connectivity index (χ1n) is 5.96. The van der Waals surface area contributed by atoms with E-state index < -0.39 is 5.97 Å². The van der Waals surface area contributed by atoms with Crippen LogP contribution in [0, 0.1) is 0 Å². The summed E-state index contributed by atoms with van der Waals surface area (Å²) in [5.41, 5.74) is 1.16. The molecule has 4 nitrogen and oxygen atoms in total. The largest absolute Gasteiger partial charge is 0.481 e. The monoisotopic (exact) mass is 256 g/mol. The molecule has 0 saturated heterocycles. The van der Waals surface area contributed by atoms with Crippen LogP contribution in [-0.2, 0) is 11.2 Å². The molecule has 0 aliphatic rings. The van der Waals surface area contributed by atoms with Gasteiger partial charge >= 0.3 is 5.97 Å². The fourth-order valence-electron chi connectivity index (χ4n) is 1.39.